The first-order valence-corrected chi connectivity index (χ1v) is 16.9. The predicted molar refractivity (Wildman–Crippen MR) is 174 cm³/mol. The van der Waals surface area contributed by atoms with Crippen LogP contribution in [0, 0.1) is 16.7 Å². The molecule has 14 heteroatoms. The molecule has 4 aliphatic rings. The molecule has 1 aromatic carbocycles. The summed E-state index contributed by atoms with van der Waals surface area (Å²) in [6.07, 6.45) is -7.91. The number of esters is 6. The molecule has 0 spiro atoms. The molecule has 2 saturated carbocycles. The largest absolute Gasteiger partial charge is 0.462 e. The third-order valence-electron chi connectivity index (χ3n) is 11.1. The van der Waals surface area contributed by atoms with Crippen molar-refractivity contribution >= 4 is 35.8 Å². The summed E-state index contributed by atoms with van der Waals surface area (Å²) in [7, 11) is 0. The zero-order valence-electron chi connectivity index (χ0n) is 30.3. The quantitative estimate of drug-likeness (QED) is 0.235. The van der Waals surface area contributed by atoms with Crippen LogP contribution in [-0.2, 0) is 57.1 Å². The monoisotopic (exact) mass is 714 g/mol. The number of aliphatic hydroxyl groups is 1. The van der Waals surface area contributed by atoms with Crippen molar-refractivity contribution in [1.82, 2.24) is 0 Å². The third-order valence-corrected chi connectivity index (χ3v) is 11.1. The van der Waals surface area contributed by atoms with Crippen LogP contribution < -0.4 is 0 Å². The van der Waals surface area contributed by atoms with Gasteiger partial charge < -0.3 is 38.3 Å². The van der Waals surface area contributed by atoms with Gasteiger partial charge in [0.05, 0.1) is 34.5 Å². The molecular formula is C37H46O14. The molecule has 1 aliphatic heterocycles. The standard InChI is InChI=1S/C37H46O14/c1-18-25(46-19(2)38)16-36(34(7,8)44)28(18)29(50-33(43)24-13-11-10-12-14-24)31(48-21(4)40)35(9)26(47-20(3)39)15-27-37(17-45-27,51-23(6)42)30(35)32(36)49-22(5)41/h10-14,25-27,29-32,44H,15-17H2,1-9H3/t25-,26-,27+,29+,30-,31-,32?,35?,36-,37-/m0/s1. The molecule has 1 saturated heterocycles. The Morgan fingerprint density at radius 3 is 1.86 bits per heavy atom. The Morgan fingerprint density at radius 1 is 0.804 bits per heavy atom. The lowest BCUT2D eigenvalue weighted by molar-refractivity contribution is -0.352. The van der Waals surface area contributed by atoms with Crippen LogP contribution in [0.1, 0.15) is 85.5 Å². The average molecular weight is 715 g/mol. The smallest absolute Gasteiger partial charge is 0.338 e. The highest BCUT2D eigenvalue weighted by atomic mass is 16.6. The number of rotatable bonds is 8. The van der Waals surface area contributed by atoms with Crippen molar-refractivity contribution in [3.8, 4) is 0 Å². The number of hydrogen-bond acceptors (Lipinski definition) is 14. The van der Waals surface area contributed by atoms with E-state index in [0.717, 1.165) is 6.92 Å². The van der Waals surface area contributed by atoms with Crippen molar-refractivity contribution in [3.63, 3.8) is 0 Å². The number of carbonyl (C=O) groups is 6. The Balaban J connectivity index is 1.96. The van der Waals surface area contributed by atoms with E-state index in [1.54, 1.807) is 32.0 Å². The van der Waals surface area contributed by atoms with E-state index in [1.165, 1.54) is 53.7 Å². The van der Waals surface area contributed by atoms with Crippen molar-refractivity contribution < 1.29 is 67.0 Å². The summed E-state index contributed by atoms with van der Waals surface area (Å²) < 4.78 is 42.8. The van der Waals surface area contributed by atoms with E-state index in [9.17, 15) is 33.9 Å². The predicted octanol–water partition coefficient (Wildman–Crippen LogP) is 3.16. The lowest BCUT2D eigenvalue weighted by Gasteiger charge is -2.65. The molecule has 2 unspecified atom stereocenters. The molecule has 1 heterocycles. The first kappa shape index (κ1) is 37.9. The fourth-order valence-corrected chi connectivity index (χ4v) is 9.28. The van der Waals surface area contributed by atoms with Gasteiger partial charge in [-0.1, -0.05) is 25.1 Å². The molecule has 14 nitrogen and oxygen atoms in total. The second-order valence-electron chi connectivity index (χ2n) is 14.7. The van der Waals surface area contributed by atoms with Crippen LogP contribution in [0.3, 0.4) is 0 Å². The van der Waals surface area contributed by atoms with Crippen molar-refractivity contribution in [2.24, 2.45) is 16.7 Å². The molecule has 0 aromatic heterocycles. The second kappa shape index (κ2) is 13.4. The molecule has 0 radical (unpaired) electrons. The maximum Gasteiger partial charge on any atom is 0.338 e. The first-order valence-electron chi connectivity index (χ1n) is 16.9. The van der Waals surface area contributed by atoms with E-state index in [4.69, 9.17) is 33.2 Å². The summed E-state index contributed by atoms with van der Waals surface area (Å²) >= 11 is 0. The highest BCUT2D eigenvalue weighted by Crippen LogP contribution is 2.69. The van der Waals surface area contributed by atoms with E-state index in [-0.39, 0.29) is 30.6 Å². The van der Waals surface area contributed by atoms with E-state index in [0.29, 0.717) is 5.57 Å². The van der Waals surface area contributed by atoms with Gasteiger partial charge in [0.1, 0.15) is 24.4 Å². The molecule has 3 aliphatic carbocycles. The Kier molecular flexibility index (Phi) is 9.93. The number of fused-ring (bicyclic) bond motifs is 4. The van der Waals surface area contributed by atoms with Gasteiger partial charge in [0.15, 0.2) is 17.8 Å². The highest BCUT2D eigenvalue weighted by molar-refractivity contribution is 5.89. The summed E-state index contributed by atoms with van der Waals surface area (Å²) in [6, 6.07) is 8.04. The van der Waals surface area contributed by atoms with Crippen LogP contribution in [0.2, 0.25) is 0 Å². The lowest BCUT2D eigenvalue weighted by Crippen LogP contribution is -2.79. The molecule has 0 bridgehead atoms. The van der Waals surface area contributed by atoms with Crippen LogP contribution in [0.5, 0.6) is 0 Å². The molecule has 0 amide bonds. The van der Waals surface area contributed by atoms with E-state index < -0.39 is 100 Å². The second-order valence-corrected chi connectivity index (χ2v) is 14.7. The molecule has 10 atom stereocenters. The molecule has 3 fully saturated rings. The van der Waals surface area contributed by atoms with E-state index >= 15 is 0 Å². The van der Waals surface area contributed by atoms with E-state index in [1.807, 2.05) is 0 Å². The van der Waals surface area contributed by atoms with Gasteiger partial charge in [-0.3, -0.25) is 24.0 Å². The molecule has 1 N–H and O–H groups in total. The maximum absolute atomic E-state index is 14.1. The molecule has 278 valence electrons. The van der Waals surface area contributed by atoms with Gasteiger partial charge in [0.25, 0.3) is 0 Å². The van der Waals surface area contributed by atoms with Crippen molar-refractivity contribution in [2.75, 3.05) is 6.61 Å². The fourth-order valence-electron chi connectivity index (χ4n) is 9.28. The van der Waals surface area contributed by atoms with Crippen LogP contribution in [0.25, 0.3) is 0 Å². The zero-order valence-corrected chi connectivity index (χ0v) is 30.3. The minimum Gasteiger partial charge on any atom is -0.462 e. The Labute approximate surface area is 296 Å². The fraction of sp³-hybridized carbons (Fsp3) is 0.622. The molecule has 1 aromatic rings. The Bertz CT molecular complexity index is 1640. The maximum atomic E-state index is 14.1. The highest BCUT2D eigenvalue weighted by Gasteiger charge is 2.81. The summed E-state index contributed by atoms with van der Waals surface area (Å²) in [5.41, 5.74) is -6.26. The van der Waals surface area contributed by atoms with Gasteiger partial charge in [0.2, 0.25) is 0 Å². The number of carbonyl (C=O) groups excluding carboxylic acids is 6. The van der Waals surface area contributed by atoms with Crippen LogP contribution in [-0.4, -0.2) is 95.4 Å². The van der Waals surface area contributed by atoms with Crippen molar-refractivity contribution in [3.05, 3.63) is 47.0 Å². The topological polar surface area (TPSA) is 187 Å². The summed E-state index contributed by atoms with van der Waals surface area (Å²) in [6.45, 7) is 12.0. The van der Waals surface area contributed by atoms with Gasteiger partial charge in [-0.2, -0.15) is 0 Å². The van der Waals surface area contributed by atoms with Crippen LogP contribution in [0.15, 0.2) is 41.5 Å². The minimum atomic E-state index is -1.88. The van der Waals surface area contributed by atoms with Crippen LogP contribution >= 0.6 is 0 Å². The average Bonchev–Trinajstić information content (AvgIpc) is 3.26. The number of hydrogen-bond donors (Lipinski definition) is 1. The lowest BCUT2D eigenvalue weighted by atomic mass is 9.49. The van der Waals surface area contributed by atoms with E-state index in [2.05, 4.69) is 0 Å². The molecule has 51 heavy (non-hydrogen) atoms. The minimum absolute atomic E-state index is 0.0482. The summed E-state index contributed by atoms with van der Waals surface area (Å²) in [5.74, 6) is -5.73. The van der Waals surface area contributed by atoms with Crippen molar-refractivity contribution in [1.29, 1.82) is 0 Å². The normalized spacial score (nSPS) is 35.4. The Hall–Kier alpha value is -4.30. The molecule has 5 rings (SSSR count). The van der Waals surface area contributed by atoms with Gasteiger partial charge in [-0.05, 0) is 44.1 Å². The van der Waals surface area contributed by atoms with Gasteiger partial charge in [-0.25, -0.2) is 4.79 Å². The van der Waals surface area contributed by atoms with Gasteiger partial charge in [0, 0.05) is 47.5 Å². The summed E-state index contributed by atoms with van der Waals surface area (Å²) in [4.78, 5) is 78.9. The molecular weight excluding hydrogens is 668 g/mol. The SMILES string of the molecule is CC(=O)OC1[C@H]2C(C)([C@@H](OC(C)=O)C[C@H]3OC[C@]32OC(C)=O)[C@@H](OC(C)=O)[C@H](OC(=O)c2ccccc2)C2=C(C)[C@@H](OC(C)=O)C[C@]21C(C)(C)O. The number of benzene rings is 1. The summed E-state index contributed by atoms with van der Waals surface area (Å²) in [5, 5.41) is 12.5. The zero-order chi connectivity index (χ0) is 37.8. The van der Waals surface area contributed by atoms with Crippen molar-refractivity contribution in [2.45, 2.75) is 123 Å². The third kappa shape index (κ3) is 6.19. The van der Waals surface area contributed by atoms with Gasteiger partial charge >= 0.3 is 35.8 Å². The van der Waals surface area contributed by atoms with Gasteiger partial charge in [-0.15, -0.1) is 0 Å². The first-order chi connectivity index (χ1) is 23.7. The number of ether oxygens (including phenoxy) is 7. The Morgan fingerprint density at radius 2 is 1.37 bits per heavy atom. The van der Waals surface area contributed by atoms with Crippen LogP contribution in [0.4, 0.5) is 0 Å².